The number of rotatable bonds is 14. The van der Waals surface area contributed by atoms with Gasteiger partial charge in [-0.05, 0) is 28.7 Å². The molecule has 4 aromatic rings. The van der Waals surface area contributed by atoms with E-state index in [0.717, 1.165) is 28.7 Å². The lowest BCUT2D eigenvalue weighted by Gasteiger charge is -2.47. The number of nitrogens with one attached hydrogen (secondary N) is 1. The van der Waals surface area contributed by atoms with E-state index in [1.165, 1.54) is 0 Å². The predicted octanol–water partition coefficient (Wildman–Crippen LogP) is 6.71. The zero-order chi connectivity index (χ0) is 28.1. The van der Waals surface area contributed by atoms with Crippen molar-refractivity contribution in [3.63, 3.8) is 0 Å². The fourth-order valence-corrected chi connectivity index (χ4v) is 5.39. The zero-order valence-electron chi connectivity index (χ0n) is 23.8. The Labute approximate surface area is 244 Å². The first kappa shape index (κ1) is 29.2. The molecule has 0 bridgehead atoms. The van der Waals surface area contributed by atoms with Gasteiger partial charge in [0.05, 0.1) is 39.1 Å². The summed E-state index contributed by atoms with van der Waals surface area (Å²) in [6.07, 6.45) is 0.123. The molecule has 1 N–H and O–H groups in total. The summed E-state index contributed by atoms with van der Waals surface area (Å²) in [5, 5.41) is 3.84. The molecule has 5 nitrogen and oxygen atoms in total. The molecule has 0 spiro atoms. The van der Waals surface area contributed by atoms with Gasteiger partial charge < -0.3 is 24.3 Å². The van der Waals surface area contributed by atoms with Gasteiger partial charge in [0, 0.05) is 6.04 Å². The van der Waals surface area contributed by atoms with Gasteiger partial charge in [0.15, 0.2) is 0 Å². The summed E-state index contributed by atoms with van der Waals surface area (Å²) in [4.78, 5) is 0. The van der Waals surface area contributed by atoms with E-state index in [1.54, 1.807) is 0 Å². The smallest absolute Gasteiger partial charge is 0.113 e. The molecule has 0 radical (unpaired) electrons. The van der Waals surface area contributed by atoms with Crippen molar-refractivity contribution in [3.05, 3.63) is 144 Å². The van der Waals surface area contributed by atoms with Gasteiger partial charge in [0.25, 0.3) is 0 Å². The minimum Gasteiger partial charge on any atom is -0.375 e. The molecule has 5 rings (SSSR count). The molecule has 5 atom stereocenters. The quantitative estimate of drug-likeness (QED) is 0.189. The van der Waals surface area contributed by atoms with Crippen LogP contribution in [0.1, 0.15) is 35.6 Å². The Kier molecular flexibility index (Phi) is 11.1. The van der Waals surface area contributed by atoms with Crippen LogP contribution < -0.4 is 5.32 Å². The first-order valence-corrected chi connectivity index (χ1v) is 14.6. The minimum atomic E-state index is -0.292. The first-order chi connectivity index (χ1) is 20.3. The summed E-state index contributed by atoms with van der Waals surface area (Å²) < 4.78 is 26.4. The van der Waals surface area contributed by atoms with Crippen molar-refractivity contribution >= 4 is 0 Å². The van der Waals surface area contributed by atoms with Gasteiger partial charge in [-0.3, -0.25) is 0 Å². The van der Waals surface area contributed by atoms with Crippen molar-refractivity contribution in [3.8, 4) is 0 Å². The van der Waals surface area contributed by atoms with Crippen molar-refractivity contribution < 1.29 is 18.9 Å². The van der Waals surface area contributed by atoms with Crippen LogP contribution >= 0.6 is 0 Å². The highest BCUT2D eigenvalue weighted by Gasteiger charge is 2.46. The fraction of sp³-hybridized carbons (Fsp3) is 0.333. The summed E-state index contributed by atoms with van der Waals surface area (Å²) in [5.74, 6) is 0. The average molecular weight is 552 g/mol. The molecule has 41 heavy (non-hydrogen) atoms. The Morgan fingerprint density at radius 2 is 0.829 bits per heavy atom. The molecule has 1 heterocycles. The van der Waals surface area contributed by atoms with Crippen LogP contribution in [0.25, 0.3) is 0 Å². The van der Waals surface area contributed by atoms with E-state index in [1.807, 2.05) is 72.8 Å². The molecular formula is C36H41NO4. The molecule has 5 heteroatoms. The summed E-state index contributed by atoms with van der Waals surface area (Å²) in [5.41, 5.74) is 4.54. The Bertz CT molecular complexity index is 1260. The molecule has 1 aliphatic rings. The summed E-state index contributed by atoms with van der Waals surface area (Å²) >= 11 is 0. The molecule has 1 aliphatic heterocycles. The lowest BCUT2D eigenvalue weighted by atomic mass is 9.88. The third kappa shape index (κ3) is 8.59. The van der Waals surface area contributed by atoms with Crippen LogP contribution in [0.3, 0.4) is 0 Å². The molecular weight excluding hydrogens is 510 g/mol. The van der Waals surface area contributed by atoms with Crippen molar-refractivity contribution in [2.45, 2.75) is 70.2 Å². The molecule has 214 valence electrons. The van der Waals surface area contributed by atoms with Gasteiger partial charge in [0.2, 0.25) is 0 Å². The highest BCUT2D eigenvalue weighted by Crippen LogP contribution is 2.28. The van der Waals surface area contributed by atoms with Gasteiger partial charge in [-0.15, -0.1) is 0 Å². The van der Waals surface area contributed by atoms with E-state index in [4.69, 9.17) is 18.9 Å². The topological polar surface area (TPSA) is 49.0 Å². The molecule has 0 aromatic heterocycles. The summed E-state index contributed by atoms with van der Waals surface area (Å²) in [6, 6.07) is 41.2. The molecule has 0 aliphatic carbocycles. The number of hydrogen-bond acceptors (Lipinski definition) is 5. The van der Waals surface area contributed by atoms with E-state index in [-0.39, 0.29) is 30.4 Å². The van der Waals surface area contributed by atoms with Crippen LogP contribution in [0.2, 0.25) is 0 Å². The number of hydrogen-bond donors (Lipinski definition) is 1. The van der Waals surface area contributed by atoms with Crippen LogP contribution in [0.4, 0.5) is 0 Å². The molecule has 0 amide bonds. The normalized spacial score (nSPS) is 22.4. The van der Waals surface area contributed by atoms with E-state index in [2.05, 4.69) is 60.8 Å². The number of piperidine rings is 1. The summed E-state index contributed by atoms with van der Waals surface area (Å²) in [6.45, 7) is 4.71. The van der Waals surface area contributed by atoms with Gasteiger partial charge in [-0.25, -0.2) is 0 Å². The van der Waals surface area contributed by atoms with Crippen LogP contribution in [0.5, 0.6) is 0 Å². The first-order valence-electron chi connectivity index (χ1n) is 14.6. The SMILES string of the molecule is CC[C@H]1N[C@@H](COCc2ccccc2)[C@@H](OCc2ccccc2)[C@H](OCc2ccccc2)[C@H]1OCc1ccccc1. The molecule has 0 unspecified atom stereocenters. The van der Waals surface area contributed by atoms with Crippen LogP contribution in [-0.4, -0.2) is 37.0 Å². The van der Waals surface area contributed by atoms with Crippen LogP contribution in [0.15, 0.2) is 121 Å². The maximum absolute atomic E-state index is 6.75. The van der Waals surface area contributed by atoms with E-state index >= 15 is 0 Å². The summed E-state index contributed by atoms with van der Waals surface area (Å²) in [7, 11) is 0. The Balaban J connectivity index is 1.38. The number of ether oxygens (including phenoxy) is 4. The van der Waals surface area contributed by atoms with Crippen molar-refractivity contribution in [2.24, 2.45) is 0 Å². The van der Waals surface area contributed by atoms with E-state index < -0.39 is 0 Å². The monoisotopic (exact) mass is 551 g/mol. The second kappa shape index (κ2) is 15.6. The predicted molar refractivity (Wildman–Crippen MR) is 162 cm³/mol. The van der Waals surface area contributed by atoms with E-state index in [0.29, 0.717) is 33.0 Å². The second-order valence-corrected chi connectivity index (χ2v) is 10.6. The fourth-order valence-electron chi connectivity index (χ4n) is 5.39. The molecule has 4 aromatic carbocycles. The highest BCUT2D eigenvalue weighted by atomic mass is 16.6. The second-order valence-electron chi connectivity index (χ2n) is 10.6. The maximum Gasteiger partial charge on any atom is 0.113 e. The average Bonchev–Trinajstić information content (AvgIpc) is 3.04. The van der Waals surface area contributed by atoms with Gasteiger partial charge in [0.1, 0.15) is 18.3 Å². The maximum atomic E-state index is 6.75. The van der Waals surface area contributed by atoms with Crippen LogP contribution in [-0.2, 0) is 45.4 Å². The third-order valence-corrected chi connectivity index (χ3v) is 7.57. The van der Waals surface area contributed by atoms with Crippen molar-refractivity contribution in [1.29, 1.82) is 0 Å². The van der Waals surface area contributed by atoms with Gasteiger partial charge in [-0.2, -0.15) is 0 Å². The molecule has 1 fully saturated rings. The van der Waals surface area contributed by atoms with Crippen molar-refractivity contribution in [2.75, 3.05) is 6.61 Å². The lowest BCUT2D eigenvalue weighted by Crippen LogP contribution is -2.67. The van der Waals surface area contributed by atoms with Gasteiger partial charge in [-0.1, -0.05) is 128 Å². The number of benzene rings is 4. The largest absolute Gasteiger partial charge is 0.375 e. The van der Waals surface area contributed by atoms with Gasteiger partial charge >= 0.3 is 0 Å². The van der Waals surface area contributed by atoms with Crippen molar-refractivity contribution in [1.82, 2.24) is 5.32 Å². The molecule has 0 saturated carbocycles. The Morgan fingerprint density at radius 3 is 1.24 bits per heavy atom. The zero-order valence-corrected chi connectivity index (χ0v) is 23.8. The third-order valence-electron chi connectivity index (χ3n) is 7.57. The Morgan fingerprint density at radius 1 is 0.463 bits per heavy atom. The lowest BCUT2D eigenvalue weighted by molar-refractivity contribution is -0.194. The highest BCUT2D eigenvalue weighted by molar-refractivity contribution is 5.17. The van der Waals surface area contributed by atoms with E-state index in [9.17, 15) is 0 Å². The minimum absolute atomic E-state index is 0.0651. The Hall–Kier alpha value is -3.32. The van der Waals surface area contributed by atoms with Crippen LogP contribution in [0, 0.1) is 0 Å². The standard InChI is InChI=1S/C36H41NO4/c1-2-32-34(39-24-29-17-9-4-10-18-29)36(41-26-31-21-13-6-14-22-31)35(40-25-30-19-11-5-12-20-30)33(37-32)27-38-23-28-15-7-3-8-16-28/h3-22,32-37H,2,23-27H2,1H3/t32-,33+,34+,35-,36-/m1/s1. The molecule has 1 saturated heterocycles.